The fraction of sp³-hybridized carbons (Fsp3) is 0.0455. The summed E-state index contributed by atoms with van der Waals surface area (Å²) in [6.07, 6.45) is 0. The van der Waals surface area contributed by atoms with E-state index in [9.17, 15) is 19.5 Å². The van der Waals surface area contributed by atoms with Crippen molar-refractivity contribution in [3.05, 3.63) is 94.0 Å². The zero-order valence-corrected chi connectivity index (χ0v) is 17.5. The molecule has 0 radical (unpaired) electrons. The van der Waals surface area contributed by atoms with Gasteiger partial charge < -0.3 is 10.4 Å². The Morgan fingerprint density at radius 1 is 0.862 bits per heavy atom. The van der Waals surface area contributed by atoms with Crippen molar-refractivity contribution in [3.8, 4) is 0 Å². The number of carbonyl (C=O) groups is 3. The first-order chi connectivity index (χ1) is 13.9. The maximum Gasteiger partial charge on any atom is 0.336 e. The molecule has 7 heteroatoms. The number of amides is 1. The number of hydrogen-bond donors (Lipinski definition) is 2. The van der Waals surface area contributed by atoms with Crippen molar-refractivity contribution < 1.29 is 19.5 Å². The molecule has 1 amide bonds. The first kappa shape index (κ1) is 20.8. The van der Waals surface area contributed by atoms with E-state index in [1.165, 1.54) is 23.9 Å². The molecule has 0 aromatic heterocycles. The van der Waals surface area contributed by atoms with Crippen LogP contribution in [0.2, 0.25) is 0 Å². The van der Waals surface area contributed by atoms with Gasteiger partial charge in [0.25, 0.3) is 5.91 Å². The van der Waals surface area contributed by atoms with E-state index >= 15 is 0 Å². The van der Waals surface area contributed by atoms with Crippen molar-refractivity contribution in [3.63, 3.8) is 0 Å². The number of carboxylic acids is 1. The Kier molecular flexibility index (Phi) is 6.85. The standard InChI is InChI=1S/C22H16BrNO4S/c23-15-7-5-14(6-8-15)20(25)13-29-17-11-9-16(10-12-17)24-21(26)18-3-1-2-4-19(18)22(27)28/h1-12H,13H2,(H,24,26)(H,27,28). The predicted molar refractivity (Wildman–Crippen MR) is 117 cm³/mol. The number of rotatable bonds is 7. The van der Waals surface area contributed by atoms with E-state index in [2.05, 4.69) is 21.2 Å². The number of benzene rings is 3. The zero-order chi connectivity index (χ0) is 20.8. The maximum atomic E-state index is 12.4. The third-order valence-electron chi connectivity index (χ3n) is 4.05. The highest BCUT2D eigenvalue weighted by Gasteiger charge is 2.15. The topological polar surface area (TPSA) is 83.5 Å². The quantitative estimate of drug-likeness (QED) is 0.358. The van der Waals surface area contributed by atoms with Crippen molar-refractivity contribution in [1.82, 2.24) is 0 Å². The lowest BCUT2D eigenvalue weighted by molar-refractivity contribution is 0.0692. The van der Waals surface area contributed by atoms with Crippen molar-refractivity contribution >= 4 is 51.0 Å². The van der Waals surface area contributed by atoms with Gasteiger partial charge in [-0.3, -0.25) is 9.59 Å². The number of thioether (sulfide) groups is 1. The molecule has 0 atom stereocenters. The molecular weight excluding hydrogens is 454 g/mol. The van der Waals surface area contributed by atoms with Crippen LogP contribution in [0.1, 0.15) is 31.1 Å². The summed E-state index contributed by atoms with van der Waals surface area (Å²) in [4.78, 5) is 36.8. The van der Waals surface area contributed by atoms with Gasteiger partial charge in [-0.1, -0.05) is 40.2 Å². The van der Waals surface area contributed by atoms with Crippen LogP contribution in [0.3, 0.4) is 0 Å². The van der Waals surface area contributed by atoms with Crippen LogP contribution in [-0.2, 0) is 0 Å². The van der Waals surface area contributed by atoms with Crippen LogP contribution in [-0.4, -0.2) is 28.5 Å². The predicted octanol–water partition coefficient (Wildman–Crippen LogP) is 5.37. The molecule has 3 rings (SSSR count). The third-order valence-corrected chi connectivity index (χ3v) is 5.59. The number of carbonyl (C=O) groups excluding carboxylic acids is 2. The highest BCUT2D eigenvalue weighted by atomic mass is 79.9. The Bertz CT molecular complexity index is 1050. The number of aromatic carboxylic acids is 1. The molecule has 5 nitrogen and oxygen atoms in total. The van der Waals surface area contributed by atoms with Gasteiger partial charge in [-0.05, 0) is 48.5 Å². The molecule has 0 heterocycles. The largest absolute Gasteiger partial charge is 0.478 e. The van der Waals surface area contributed by atoms with E-state index in [0.717, 1.165) is 9.37 Å². The first-order valence-corrected chi connectivity index (χ1v) is 10.4. The molecule has 2 N–H and O–H groups in total. The van der Waals surface area contributed by atoms with Gasteiger partial charge in [-0.25, -0.2) is 4.79 Å². The first-order valence-electron chi connectivity index (χ1n) is 8.59. The SMILES string of the molecule is O=C(CSc1ccc(NC(=O)c2ccccc2C(=O)O)cc1)c1ccc(Br)cc1. The third kappa shape index (κ3) is 5.56. The van der Waals surface area contributed by atoms with Crippen molar-refractivity contribution in [2.24, 2.45) is 0 Å². The van der Waals surface area contributed by atoms with E-state index in [1.54, 1.807) is 48.5 Å². The number of Topliss-reactive ketones (excluding diaryl/α,β-unsaturated/α-hetero) is 1. The average molecular weight is 470 g/mol. The van der Waals surface area contributed by atoms with Gasteiger partial charge in [0.1, 0.15) is 0 Å². The second-order valence-electron chi connectivity index (χ2n) is 6.05. The number of anilines is 1. The molecule has 3 aromatic carbocycles. The van der Waals surface area contributed by atoms with Crippen LogP contribution in [0.25, 0.3) is 0 Å². The summed E-state index contributed by atoms with van der Waals surface area (Å²) in [6, 6.07) is 20.3. The van der Waals surface area contributed by atoms with Gasteiger partial charge in [-0.15, -0.1) is 11.8 Å². The van der Waals surface area contributed by atoms with E-state index in [4.69, 9.17) is 0 Å². The number of nitrogens with one attached hydrogen (secondary N) is 1. The van der Waals surface area contributed by atoms with Crippen molar-refractivity contribution in [2.75, 3.05) is 11.1 Å². The second-order valence-corrected chi connectivity index (χ2v) is 8.01. The molecule has 0 unspecified atom stereocenters. The molecule has 0 aliphatic heterocycles. The molecule has 0 aliphatic rings. The van der Waals surface area contributed by atoms with Crippen molar-refractivity contribution in [1.29, 1.82) is 0 Å². The minimum Gasteiger partial charge on any atom is -0.478 e. The Balaban J connectivity index is 1.60. The minimum atomic E-state index is -1.15. The van der Waals surface area contributed by atoms with Crippen LogP contribution in [0.15, 0.2) is 82.2 Å². The molecular formula is C22H16BrNO4S. The molecule has 3 aromatic rings. The van der Waals surface area contributed by atoms with Crippen LogP contribution in [0.5, 0.6) is 0 Å². The maximum absolute atomic E-state index is 12.4. The molecule has 0 aliphatic carbocycles. The van der Waals surface area contributed by atoms with Crippen LogP contribution < -0.4 is 5.32 Å². The van der Waals surface area contributed by atoms with E-state index < -0.39 is 11.9 Å². The molecule has 146 valence electrons. The Morgan fingerprint density at radius 3 is 2.10 bits per heavy atom. The molecule has 29 heavy (non-hydrogen) atoms. The van der Waals surface area contributed by atoms with Crippen molar-refractivity contribution in [2.45, 2.75) is 4.90 Å². The van der Waals surface area contributed by atoms with Crippen LogP contribution in [0, 0.1) is 0 Å². The molecule has 0 spiro atoms. The molecule has 0 saturated carbocycles. The summed E-state index contributed by atoms with van der Waals surface area (Å²) in [7, 11) is 0. The fourth-order valence-corrected chi connectivity index (χ4v) is 3.63. The normalized spacial score (nSPS) is 10.4. The summed E-state index contributed by atoms with van der Waals surface area (Å²) in [5.74, 6) is -1.31. The van der Waals surface area contributed by atoms with Gasteiger partial charge in [-0.2, -0.15) is 0 Å². The lowest BCUT2D eigenvalue weighted by Crippen LogP contribution is -2.16. The van der Waals surface area contributed by atoms with E-state index in [0.29, 0.717) is 17.0 Å². The number of carboxylic acid groups (broad SMARTS) is 1. The Morgan fingerprint density at radius 2 is 1.48 bits per heavy atom. The highest BCUT2D eigenvalue weighted by molar-refractivity contribution is 9.10. The van der Waals surface area contributed by atoms with Crippen LogP contribution >= 0.6 is 27.7 Å². The van der Waals surface area contributed by atoms with Crippen LogP contribution in [0.4, 0.5) is 5.69 Å². The molecule has 0 fully saturated rings. The zero-order valence-electron chi connectivity index (χ0n) is 15.1. The summed E-state index contributed by atoms with van der Waals surface area (Å²) in [5.41, 5.74) is 1.24. The summed E-state index contributed by atoms with van der Waals surface area (Å²) >= 11 is 4.75. The van der Waals surface area contributed by atoms with Gasteiger partial charge in [0, 0.05) is 20.6 Å². The molecule has 0 bridgehead atoms. The second kappa shape index (κ2) is 9.54. The monoisotopic (exact) mass is 469 g/mol. The Labute approximate surface area is 180 Å². The van der Waals surface area contributed by atoms with Gasteiger partial charge in [0.15, 0.2) is 5.78 Å². The summed E-state index contributed by atoms with van der Waals surface area (Å²) < 4.78 is 0.922. The smallest absolute Gasteiger partial charge is 0.336 e. The minimum absolute atomic E-state index is 0.0326. The Hall–Kier alpha value is -2.90. The lowest BCUT2D eigenvalue weighted by Gasteiger charge is -2.08. The van der Waals surface area contributed by atoms with Gasteiger partial charge in [0.05, 0.1) is 16.9 Å². The summed E-state index contributed by atoms with van der Waals surface area (Å²) in [5, 5.41) is 11.9. The van der Waals surface area contributed by atoms with Gasteiger partial charge >= 0.3 is 5.97 Å². The van der Waals surface area contributed by atoms with E-state index in [-0.39, 0.29) is 16.9 Å². The highest BCUT2D eigenvalue weighted by Crippen LogP contribution is 2.22. The van der Waals surface area contributed by atoms with Gasteiger partial charge in [0.2, 0.25) is 0 Å². The van der Waals surface area contributed by atoms with E-state index in [1.807, 2.05) is 12.1 Å². The number of halogens is 1. The lowest BCUT2D eigenvalue weighted by atomic mass is 10.1. The molecule has 0 saturated heterocycles. The number of hydrogen-bond acceptors (Lipinski definition) is 4. The summed E-state index contributed by atoms with van der Waals surface area (Å²) in [6.45, 7) is 0. The fourth-order valence-electron chi connectivity index (χ4n) is 2.57. The number of ketones is 1. The average Bonchev–Trinajstić information content (AvgIpc) is 2.73.